The zero-order valence-electron chi connectivity index (χ0n) is 12.0. The summed E-state index contributed by atoms with van der Waals surface area (Å²) in [4.78, 5) is 2.93. The highest BCUT2D eigenvalue weighted by molar-refractivity contribution is 5.00. The van der Waals surface area contributed by atoms with Crippen molar-refractivity contribution >= 4 is 0 Å². The second-order valence-electron chi connectivity index (χ2n) is 6.94. The molecule has 3 rings (SSSR count). The van der Waals surface area contributed by atoms with Gasteiger partial charge in [-0.1, -0.05) is 26.2 Å². The van der Waals surface area contributed by atoms with Crippen molar-refractivity contribution in [1.29, 1.82) is 0 Å². The van der Waals surface area contributed by atoms with E-state index in [1.165, 1.54) is 64.2 Å². The molecule has 0 radical (unpaired) electrons. The lowest BCUT2D eigenvalue weighted by Crippen LogP contribution is -2.54. The zero-order valence-corrected chi connectivity index (χ0v) is 12.0. The predicted octanol–water partition coefficient (Wildman–Crippen LogP) is 3.30. The summed E-state index contributed by atoms with van der Waals surface area (Å²) in [6.45, 7) is 2.41. The van der Waals surface area contributed by atoms with Crippen LogP contribution in [0.25, 0.3) is 0 Å². The van der Waals surface area contributed by atoms with Crippen LogP contribution in [-0.2, 0) is 0 Å². The maximum Gasteiger partial charge on any atom is 0.0127 e. The zero-order chi connectivity index (χ0) is 12.5. The molecule has 0 aromatic heterocycles. The first-order valence-corrected chi connectivity index (χ1v) is 8.32. The van der Waals surface area contributed by atoms with Crippen LogP contribution in [0.3, 0.4) is 0 Å². The summed E-state index contributed by atoms with van der Waals surface area (Å²) in [5.41, 5.74) is 6.21. The highest BCUT2D eigenvalue weighted by atomic mass is 15.3. The average molecular weight is 250 g/mol. The van der Waals surface area contributed by atoms with Crippen molar-refractivity contribution in [3.05, 3.63) is 0 Å². The van der Waals surface area contributed by atoms with E-state index in [-0.39, 0.29) is 0 Å². The molecular formula is C16H30N2. The van der Waals surface area contributed by atoms with Gasteiger partial charge in [-0.25, -0.2) is 0 Å². The molecule has 2 heterocycles. The van der Waals surface area contributed by atoms with Gasteiger partial charge in [0.2, 0.25) is 0 Å². The molecule has 2 saturated heterocycles. The van der Waals surface area contributed by atoms with Gasteiger partial charge >= 0.3 is 0 Å². The molecule has 0 aromatic rings. The van der Waals surface area contributed by atoms with Crippen molar-refractivity contribution in [1.82, 2.24) is 4.90 Å². The van der Waals surface area contributed by atoms with Crippen LogP contribution in [0.4, 0.5) is 0 Å². The van der Waals surface area contributed by atoms with Gasteiger partial charge in [0.1, 0.15) is 0 Å². The van der Waals surface area contributed by atoms with Gasteiger partial charge in [-0.2, -0.15) is 0 Å². The molecule has 3 atom stereocenters. The minimum atomic E-state index is 0.489. The monoisotopic (exact) mass is 250 g/mol. The Labute approximate surface area is 112 Å². The maximum absolute atomic E-state index is 6.21. The van der Waals surface area contributed by atoms with Crippen molar-refractivity contribution in [3.63, 3.8) is 0 Å². The molecule has 1 aliphatic carbocycles. The van der Waals surface area contributed by atoms with Gasteiger partial charge in [-0.15, -0.1) is 0 Å². The van der Waals surface area contributed by atoms with Gasteiger partial charge in [0.05, 0.1) is 0 Å². The standard InChI is InChI=1S/C16H30N2/c1-2-16(12-6-4-3-5-7-12)18-14-8-9-15(18)11-13(17)10-14/h12-16H,2-11,17H2,1H3. The molecule has 0 spiro atoms. The molecule has 2 aliphatic heterocycles. The Balaban J connectivity index is 1.71. The van der Waals surface area contributed by atoms with Gasteiger partial charge < -0.3 is 5.73 Å². The van der Waals surface area contributed by atoms with Crippen LogP contribution in [0.15, 0.2) is 0 Å². The highest BCUT2D eigenvalue weighted by Gasteiger charge is 2.44. The van der Waals surface area contributed by atoms with Crippen LogP contribution in [0.1, 0.15) is 71.1 Å². The van der Waals surface area contributed by atoms with Gasteiger partial charge in [0, 0.05) is 24.2 Å². The summed E-state index contributed by atoms with van der Waals surface area (Å²) < 4.78 is 0. The molecule has 2 nitrogen and oxygen atoms in total. The van der Waals surface area contributed by atoms with E-state index in [2.05, 4.69) is 11.8 Å². The minimum Gasteiger partial charge on any atom is -0.328 e. The van der Waals surface area contributed by atoms with E-state index in [1.807, 2.05) is 0 Å². The molecule has 3 fully saturated rings. The van der Waals surface area contributed by atoms with E-state index in [4.69, 9.17) is 5.73 Å². The van der Waals surface area contributed by atoms with Gasteiger partial charge in [-0.3, -0.25) is 4.90 Å². The summed E-state index contributed by atoms with van der Waals surface area (Å²) >= 11 is 0. The molecule has 18 heavy (non-hydrogen) atoms. The fraction of sp³-hybridized carbons (Fsp3) is 1.00. The fourth-order valence-corrected chi connectivity index (χ4v) is 5.10. The Morgan fingerprint density at radius 3 is 2.17 bits per heavy atom. The van der Waals surface area contributed by atoms with Crippen molar-refractivity contribution in [2.45, 2.75) is 95.3 Å². The molecule has 3 aliphatic rings. The SMILES string of the molecule is CCC(C1CCCCC1)N1C2CCC1CC(N)C2. The van der Waals surface area contributed by atoms with Crippen LogP contribution in [0, 0.1) is 5.92 Å². The second-order valence-corrected chi connectivity index (χ2v) is 6.94. The number of rotatable bonds is 3. The van der Waals surface area contributed by atoms with Gasteiger partial charge in [0.15, 0.2) is 0 Å². The summed E-state index contributed by atoms with van der Waals surface area (Å²) in [7, 11) is 0. The van der Waals surface area contributed by atoms with Crippen molar-refractivity contribution in [2.75, 3.05) is 0 Å². The highest BCUT2D eigenvalue weighted by Crippen LogP contribution is 2.41. The van der Waals surface area contributed by atoms with E-state index >= 15 is 0 Å². The average Bonchev–Trinajstić information content (AvgIpc) is 2.65. The number of piperidine rings is 1. The molecule has 1 saturated carbocycles. The van der Waals surface area contributed by atoms with Crippen molar-refractivity contribution < 1.29 is 0 Å². The third-order valence-corrected chi connectivity index (χ3v) is 5.82. The summed E-state index contributed by atoms with van der Waals surface area (Å²) in [5.74, 6) is 0.987. The molecule has 0 amide bonds. The maximum atomic E-state index is 6.21. The van der Waals surface area contributed by atoms with Crippen molar-refractivity contribution in [2.24, 2.45) is 11.7 Å². The molecule has 2 N–H and O–H groups in total. The number of hydrogen-bond donors (Lipinski definition) is 1. The van der Waals surface area contributed by atoms with Crippen LogP contribution in [0.2, 0.25) is 0 Å². The summed E-state index contributed by atoms with van der Waals surface area (Å²) in [6.07, 6.45) is 14.1. The third-order valence-electron chi connectivity index (χ3n) is 5.82. The van der Waals surface area contributed by atoms with E-state index in [0.29, 0.717) is 6.04 Å². The van der Waals surface area contributed by atoms with Crippen LogP contribution in [0.5, 0.6) is 0 Å². The number of hydrogen-bond acceptors (Lipinski definition) is 2. The normalized spacial score (nSPS) is 40.0. The summed E-state index contributed by atoms with van der Waals surface area (Å²) in [5, 5.41) is 0. The number of nitrogens with zero attached hydrogens (tertiary/aromatic N) is 1. The molecule has 0 aromatic carbocycles. The lowest BCUT2D eigenvalue weighted by molar-refractivity contribution is 0.0332. The van der Waals surface area contributed by atoms with Crippen molar-refractivity contribution in [3.8, 4) is 0 Å². The first kappa shape index (κ1) is 12.9. The first-order valence-electron chi connectivity index (χ1n) is 8.32. The van der Waals surface area contributed by atoms with E-state index in [9.17, 15) is 0 Å². The van der Waals surface area contributed by atoms with E-state index in [0.717, 1.165) is 24.0 Å². The minimum absolute atomic E-state index is 0.489. The Morgan fingerprint density at radius 2 is 1.61 bits per heavy atom. The lowest BCUT2D eigenvalue weighted by atomic mass is 9.80. The molecule has 104 valence electrons. The Kier molecular flexibility index (Phi) is 3.95. The Hall–Kier alpha value is -0.0800. The Morgan fingerprint density at radius 1 is 1.00 bits per heavy atom. The predicted molar refractivity (Wildman–Crippen MR) is 76.5 cm³/mol. The van der Waals surface area contributed by atoms with Crippen LogP contribution in [-0.4, -0.2) is 29.1 Å². The largest absolute Gasteiger partial charge is 0.328 e. The van der Waals surface area contributed by atoms with Crippen LogP contribution < -0.4 is 5.73 Å². The lowest BCUT2D eigenvalue weighted by Gasteiger charge is -2.46. The quantitative estimate of drug-likeness (QED) is 0.832. The molecule has 3 unspecified atom stereocenters. The first-order chi connectivity index (χ1) is 8.79. The van der Waals surface area contributed by atoms with Crippen LogP contribution >= 0.6 is 0 Å². The fourth-order valence-electron chi connectivity index (χ4n) is 5.10. The van der Waals surface area contributed by atoms with E-state index in [1.54, 1.807) is 0 Å². The molecular weight excluding hydrogens is 220 g/mol. The van der Waals surface area contributed by atoms with Gasteiger partial charge in [-0.05, 0) is 50.9 Å². The molecule has 2 bridgehead atoms. The van der Waals surface area contributed by atoms with Gasteiger partial charge in [0.25, 0.3) is 0 Å². The Bertz CT molecular complexity index is 258. The number of fused-ring (bicyclic) bond motifs is 2. The smallest absolute Gasteiger partial charge is 0.0127 e. The third kappa shape index (κ3) is 2.34. The van der Waals surface area contributed by atoms with E-state index < -0.39 is 0 Å². The molecule has 2 heteroatoms. The second kappa shape index (κ2) is 5.50. The topological polar surface area (TPSA) is 29.3 Å². The summed E-state index contributed by atoms with van der Waals surface area (Å²) in [6, 6.07) is 3.01. The number of nitrogens with two attached hydrogens (primary N) is 1.